The molecular weight excluding hydrogens is 290 g/mol. The highest BCUT2D eigenvalue weighted by Crippen LogP contribution is 2.11. The van der Waals surface area contributed by atoms with Crippen LogP contribution in [0.2, 0.25) is 0 Å². The minimum atomic E-state index is -0.265. The van der Waals surface area contributed by atoms with E-state index in [9.17, 15) is 9.59 Å². The molecule has 1 aliphatic heterocycles. The van der Waals surface area contributed by atoms with Gasteiger partial charge < -0.3 is 10.6 Å². The fourth-order valence-corrected chi connectivity index (χ4v) is 2.62. The maximum absolute atomic E-state index is 11.9. The van der Waals surface area contributed by atoms with Gasteiger partial charge in [0.25, 0.3) is 0 Å². The highest BCUT2D eigenvalue weighted by molar-refractivity contribution is 5.94. The Morgan fingerprint density at radius 1 is 1.30 bits per heavy atom. The number of nitrogens with one attached hydrogen (secondary N) is 2. The lowest BCUT2D eigenvalue weighted by molar-refractivity contribution is -0.124. The van der Waals surface area contributed by atoms with E-state index in [4.69, 9.17) is 0 Å². The van der Waals surface area contributed by atoms with Crippen LogP contribution in [0.25, 0.3) is 6.08 Å². The molecule has 124 valence electrons. The maximum Gasteiger partial charge on any atom is 0.244 e. The third kappa shape index (κ3) is 5.87. The molecular formula is C18H25N3O2. The minimum absolute atomic E-state index is 0.0101. The van der Waals surface area contributed by atoms with Gasteiger partial charge in [0.2, 0.25) is 11.8 Å². The molecule has 1 aromatic rings. The van der Waals surface area contributed by atoms with E-state index in [1.165, 1.54) is 6.08 Å². The van der Waals surface area contributed by atoms with Crippen molar-refractivity contribution in [3.05, 3.63) is 42.0 Å². The second-order valence-electron chi connectivity index (χ2n) is 6.10. The summed E-state index contributed by atoms with van der Waals surface area (Å²) in [6.07, 6.45) is 4.13. The SMILES string of the molecule is CC(C)N1CCC(NC(=O)CNC(=O)/C=C/c2ccccc2)C1. The fraction of sp³-hybridized carbons (Fsp3) is 0.444. The van der Waals surface area contributed by atoms with Gasteiger partial charge in [-0.25, -0.2) is 0 Å². The number of likely N-dealkylation sites (tertiary alicyclic amines) is 1. The molecule has 1 fully saturated rings. The lowest BCUT2D eigenvalue weighted by Gasteiger charge is -2.20. The highest BCUT2D eigenvalue weighted by atomic mass is 16.2. The topological polar surface area (TPSA) is 61.4 Å². The average Bonchev–Trinajstić information content (AvgIpc) is 3.00. The van der Waals surface area contributed by atoms with Crippen molar-refractivity contribution in [3.63, 3.8) is 0 Å². The van der Waals surface area contributed by atoms with Crippen LogP contribution in [0, 0.1) is 0 Å². The normalized spacial score (nSPS) is 18.5. The Hall–Kier alpha value is -2.14. The number of benzene rings is 1. The summed E-state index contributed by atoms with van der Waals surface area (Å²) < 4.78 is 0. The van der Waals surface area contributed by atoms with Crippen LogP contribution in [0.1, 0.15) is 25.8 Å². The van der Waals surface area contributed by atoms with Crippen LogP contribution >= 0.6 is 0 Å². The number of carbonyl (C=O) groups is 2. The molecule has 1 heterocycles. The number of hydrogen-bond acceptors (Lipinski definition) is 3. The molecule has 1 unspecified atom stereocenters. The molecule has 0 aliphatic carbocycles. The van der Waals surface area contributed by atoms with Crippen LogP contribution < -0.4 is 10.6 Å². The van der Waals surface area contributed by atoms with Crippen molar-refractivity contribution in [1.29, 1.82) is 0 Å². The summed E-state index contributed by atoms with van der Waals surface area (Å²) in [6, 6.07) is 10.3. The van der Waals surface area contributed by atoms with Gasteiger partial charge in [0.05, 0.1) is 6.54 Å². The second kappa shape index (κ2) is 8.48. The molecule has 2 N–H and O–H groups in total. The molecule has 1 atom stereocenters. The second-order valence-corrected chi connectivity index (χ2v) is 6.10. The molecule has 1 aliphatic rings. The molecule has 0 radical (unpaired) electrons. The van der Waals surface area contributed by atoms with E-state index in [0.29, 0.717) is 6.04 Å². The van der Waals surface area contributed by atoms with E-state index < -0.39 is 0 Å². The van der Waals surface area contributed by atoms with Crippen molar-refractivity contribution in [3.8, 4) is 0 Å². The predicted molar refractivity (Wildman–Crippen MR) is 91.7 cm³/mol. The molecule has 0 saturated carbocycles. The quantitative estimate of drug-likeness (QED) is 0.781. The Morgan fingerprint density at radius 2 is 2.04 bits per heavy atom. The van der Waals surface area contributed by atoms with E-state index in [1.807, 2.05) is 30.3 Å². The van der Waals surface area contributed by atoms with Gasteiger partial charge in [0, 0.05) is 31.2 Å². The first kappa shape index (κ1) is 17.2. The predicted octanol–water partition coefficient (Wildman–Crippen LogP) is 1.41. The molecule has 2 rings (SSSR count). The van der Waals surface area contributed by atoms with Crippen LogP contribution in [-0.4, -0.2) is 48.4 Å². The third-order valence-electron chi connectivity index (χ3n) is 3.96. The Balaban J connectivity index is 1.68. The molecule has 1 saturated heterocycles. The summed E-state index contributed by atoms with van der Waals surface area (Å²) in [6.45, 7) is 6.21. The summed E-state index contributed by atoms with van der Waals surface area (Å²) in [4.78, 5) is 25.9. The maximum atomic E-state index is 11.9. The van der Waals surface area contributed by atoms with Gasteiger partial charge in [-0.15, -0.1) is 0 Å². The number of nitrogens with zero attached hydrogens (tertiary/aromatic N) is 1. The summed E-state index contributed by atoms with van der Waals surface area (Å²) >= 11 is 0. The Bertz CT molecular complexity index is 555. The van der Waals surface area contributed by atoms with Crippen LogP contribution in [0.3, 0.4) is 0 Å². The molecule has 2 amide bonds. The van der Waals surface area contributed by atoms with Gasteiger partial charge in [-0.1, -0.05) is 30.3 Å². The van der Waals surface area contributed by atoms with Crippen molar-refractivity contribution in [2.24, 2.45) is 0 Å². The van der Waals surface area contributed by atoms with Gasteiger partial charge in [-0.2, -0.15) is 0 Å². The van der Waals surface area contributed by atoms with Crippen molar-refractivity contribution in [2.75, 3.05) is 19.6 Å². The number of hydrogen-bond donors (Lipinski definition) is 2. The van der Waals surface area contributed by atoms with E-state index >= 15 is 0 Å². The van der Waals surface area contributed by atoms with Crippen molar-refractivity contribution < 1.29 is 9.59 Å². The van der Waals surface area contributed by atoms with Gasteiger partial charge in [0.1, 0.15) is 0 Å². The molecule has 0 spiro atoms. The van der Waals surface area contributed by atoms with Gasteiger partial charge >= 0.3 is 0 Å². The zero-order chi connectivity index (χ0) is 16.7. The van der Waals surface area contributed by atoms with Crippen molar-refractivity contribution >= 4 is 17.9 Å². The Morgan fingerprint density at radius 3 is 2.70 bits per heavy atom. The lowest BCUT2D eigenvalue weighted by atomic mass is 10.2. The zero-order valence-corrected chi connectivity index (χ0v) is 13.8. The standard InChI is InChI=1S/C18H25N3O2/c1-14(2)21-11-10-16(13-21)20-18(23)12-19-17(22)9-8-15-6-4-3-5-7-15/h3-9,14,16H,10-13H2,1-2H3,(H,19,22)(H,20,23)/b9-8+. The van der Waals surface area contributed by atoms with Crippen molar-refractivity contribution in [1.82, 2.24) is 15.5 Å². The first-order valence-corrected chi connectivity index (χ1v) is 8.09. The summed E-state index contributed by atoms with van der Waals surface area (Å²) in [5.74, 6) is -0.402. The summed E-state index contributed by atoms with van der Waals surface area (Å²) in [7, 11) is 0. The average molecular weight is 315 g/mol. The molecule has 23 heavy (non-hydrogen) atoms. The van der Waals surface area contributed by atoms with E-state index in [0.717, 1.165) is 25.1 Å². The molecule has 1 aromatic carbocycles. The van der Waals surface area contributed by atoms with Gasteiger partial charge in [0.15, 0.2) is 0 Å². The minimum Gasteiger partial charge on any atom is -0.350 e. The van der Waals surface area contributed by atoms with Crippen LogP contribution in [-0.2, 0) is 9.59 Å². The number of rotatable bonds is 6. The highest BCUT2D eigenvalue weighted by Gasteiger charge is 2.25. The molecule has 5 heteroatoms. The number of amides is 2. The largest absolute Gasteiger partial charge is 0.350 e. The molecule has 0 aromatic heterocycles. The summed E-state index contributed by atoms with van der Waals surface area (Å²) in [5.41, 5.74) is 0.951. The van der Waals surface area contributed by atoms with Crippen molar-refractivity contribution in [2.45, 2.75) is 32.4 Å². The van der Waals surface area contributed by atoms with Crippen LogP contribution in [0.15, 0.2) is 36.4 Å². The Labute approximate surface area is 137 Å². The third-order valence-corrected chi connectivity index (χ3v) is 3.96. The van der Waals surface area contributed by atoms with E-state index in [2.05, 4.69) is 29.4 Å². The van der Waals surface area contributed by atoms with E-state index in [1.54, 1.807) is 6.08 Å². The molecule has 0 bridgehead atoms. The monoisotopic (exact) mass is 315 g/mol. The summed E-state index contributed by atoms with van der Waals surface area (Å²) in [5, 5.41) is 5.58. The van der Waals surface area contributed by atoms with Gasteiger partial charge in [-0.3, -0.25) is 14.5 Å². The molecule has 5 nitrogen and oxygen atoms in total. The zero-order valence-electron chi connectivity index (χ0n) is 13.8. The lowest BCUT2D eigenvalue weighted by Crippen LogP contribution is -2.43. The first-order chi connectivity index (χ1) is 11.0. The Kier molecular flexibility index (Phi) is 6.35. The fourth-order valence-electron chi connectivity index (χ4n) is 2.62. The first-order valence-electron chi connectivity index (χ1n) is 8.09. The van der Waals surface area contributed by atoms with Crippen LogP contribution in [0.4, 0.5) is 0 Å². The van der Waals surface area contributed by atoms with Crippen LogP contribution in [0.5, 0.6) is 0 Å². The smallest absolute Gasteiger partial charge is 0.244 e. The van der Waals surface area contributed by atoms with E-state index in [-0.39, 0.29) is 24.4 Å². The van der Waals surface area contributed by atoms with Gasteiger partial charge in [-0.05, 0) is 31.9 Å². The number of carbonyl (C=O) groups excluding carboxylic acids is 2.